The zero-order valence-electron chi connectivity index (χ0n) is 7.90. The molecule has 14 heavy (non-hydrogen) atoms. The van der Waals surface area contributed by atoms with E-state index in [1.807, 2.05) is 19.1 Å². The topological polar surface area (TPSA) is 74.4 Å². The number of carbonyl (C=O) groups excluding carboxylic acids is 1. The zero-order chi connectivity index (χ0) is 10.4. The minimum Gasteiger partial charge on any atom is -0.474 e. The number of amides is 1. The summed E-state index contributed by atoms with van der Waals surface area (Å²) >= 11 is 0. The molecule has 0 spiro atoms. The van der Waals surface area contributed by atoms with Gasteiger partial charge in [-0.15, -0.1) is 0 Å². The van der Waals surface area contributed by atoms with Crippen molar-refractivity contribution in [1.29, 1.82) is 0 Å². The van der Waals surface area contributed by atoms with Gasteiger partial charge in [-0.25, -0.2) is 9.78 Å². The third kappa shape index (κ3) is 3.30. The highest BCUT2D eigenvalue weighted by molar-refractivity contribution is 5.64. The lowest BCUT2D eigenvalue weighted by Gasteiger charge is -2.06. The molecule has 0 aliphatic carbocycles. The molecule has 0 aliphatic heterocycles. The summed E-state index contributed by atoms with van der Waals surface area (Å²) in [6, 6.07) is 3.71. The van der Waals surface area contributed by atoms with E-state index in [0.29, 0.717) is 5.88 Å². The van der Waals surface area contributed by atoms with E-state index in [4.69, 9.17) is 10.5 Å². The largest absolute Gasteiger partial charge is 0.474 e. The molecular formula is C9H12N2O3. The number of hydrogen-bond acceptors (Lipinski definition) is 4. The van der Waals surface area contributed by atoms with E-state index < -0.39 is 6.09 Å². The standard InChI is InChI=1S/C9H12N2O3/c1-7-3-2-4-11-8(7)13-5-6-14-9(10)12/h2-4H,5-6H2,1H3,(H2,10,12). The first-order valence-electron chi connectivity index (χ1n) is 4.17. The van der Waals surface area contributed by atoms with Crippen LogP contribution in [-0.4, -0.2) is 24.3 Å². The van der Waals surface area contributed by atoms with Crippen LogP contribution in [0.25, 0.3) is 0 Å². The van der Waals surface area contributed by atoms with E-state index in [1.165, 1.54) is 0 Å². The van der Waals surface area contributed by atoms with Gasteiger partial charge in [0.15, 0.2) is 0 Å². The summed E-state index contributed by atoms with van der Waals surface area (Å²) in [4.78, 5) is 14.2. The maximum atomic E-state index is 10.2. The molecule has 1 amide bonds. The second-order valence-corrected chi connectivity index (χ2v) is 2.64. The van der Waals surface area contributed by atoms with Crippen LogP contribution in [0.5, 0.6) is 5.88 Å². The smallest absolute Gasteiger partial charge is 0.404 e. The van der Waals surface area contributed by atoms with Crippen molar-refractivity contribution in [2.24, 2.45) is 5.73 Å². The molecule has 5 heteroatoms. The Labute approximate surface area is 81.8 Å². The molecule has 1 aromatic heterocycles. The van der Waals surface area contributed by atoms with E-state index >= 15 is 0 Å². The number of nitrogens with two attached hydrogens (primary N) is 1. The molecule has 0 atom stereocenters. The van der Waals surface area contributed by atoms with Crippen LogP contribution < -0.4 is 10.5 Å². The van der Waals surface area contributed by atoms with Crippen molar-refractivity contribution in [3.8, 4) is 5.88 Å². The Morgan fingerprint density at radius 3 is 3.00 bits per heavy atom. The van der Waals surface area contributed by atoms with Gasteiger partial charge in [-0.1, -0.05) is 6.07 Å². The van der Waals surface area contributed by atoms with Gasteiger partial charge in [0.05, 0.1) is 0 Å². The second-order valence-electron chi connectivity index (χ2n) is 2.64. The first-order chi connectivity index (χ1) is 6.70. The highest BCUT2D eigenvalue weighted by atomic mass is 16.6. The fourth-order valence-corrected chi connectivity index (χ4v) is 0.903. The Hall–Kier alpha value is -1.78. The van der Waals surface area contributed by atoms with Gasteiger partial charge in [0.25, 0.3) is 0 Å². The Kier molecular flexibility index (Phi) is 3.72. The lowest BCUT2D eigenvalue weighted by atomic mass is 10.3. The average molecular weight is 196 g/mol. The fraction of sp³-hybridized carbons (Fsp3) is 0.333. The second kappa shape index (κ2) is 5.06. The number of aryl methyl sites for hydroxylation is 1. The molecule has 0 bridgehead atoms. The number of hydrogen-bond donors (Lipinski definition) is 1. The van der Waals surface area contributed by atoms with Gasteiger partial charge in [0.1, 0.15) is 13.2 Å². The van der Waals surface area contributed by atoms with Gasteiger partial charge in [-0.3, -0.25) is 0 Å². The van der Waals surface area contributed by atoms with Crippen LogP contribution in [0.3, 0.4) is 0 Å². The molecule has 0 saturated heterocycles. The van der Waals surface area contributed by atoms with Crippen LogP contribution >= 0.6 is 0 Å². The van der Waals surface area contributed by atoms with Crippen LogP contribution in [0.15, 0.2) is 18.3 Å². The van der Waals surface area contributed by atoms with Crippen molar-refractivity contribution in [1.82, 2.24) is 4.98 Å². The highest BCUT2D eigenvalue weighted by Gasteiger charge is 1.99. The molecule has 0 fully saturated rings. The molecule has 0 radical (unpaired) electrons. The summed E-state index contributed by atoms with van der Waals surface area (Å²) in [6.07, 6.45) is 0.837. The average Bonchev–Trinajstić information content (AvgIpc) is 2.15. The molecule has 0 saturated carbocycles. The van der Waals surface area contributed by atoms with Crippen molar-refractivity contribution in [2.45, 2.75) is 6.92 Å². The number of pyridine rings is 1. The summed E-state index contributed by atoms with van der Waals surface area (Å²) in [6.45, 7) is 2.27. The minimum atomic E-state index is -0.800. The third-order valence-electron chi connectivity index (χ3n) is 1.53. The molecule has 2 N–H and O–H groups in total. The van der Waals surface area contributed by atoms with E-state index in [0.717, 1.165) is 5.56 Å². The van der Waals surface area contributed by atoms with Crippen LogP contribution in [0.1, 0.15) is 5.56 Å². The molecule has 0 unspecified atom stereocenters. The van der Waals surface area contributed by atoms with Crippen molar-refractivity contribution >= 4 is 6.09 Å². The first-order valence-corrected chi connectivity index (χ1v) is 4.17. The van der Waals surface area contributed by atoms with E-state index in [1.54, 1.807) is 6.20 Å². The molecule has 5 nitrogen and oxygen atoms in total. The van der Waals surface area contributed by atoms with Crippen LogP contribution in [0, 0.1) is 6.92 Å². The van der Waals surface area contributed by atoms with Gasteiger partial charge >= 0.3 is 6.09 Å². The maximum absolute atomic E-state index is 10.2. The number of ether oxygens (including phenoxy) is 2. The van der Waals surface area contributed by atoms with E-state index in [9.17, 15) is 4.79 Å². The SMILES string of the molecule is Cc1cccnc1OCCOC(N)=O. The zero-order valence-corrected chi connectivity index (χ0v) is 7.90. The Morgan fingerprint density at radius 2 is 2.36 bits per heavy atom. The van der Waals surface area contributed by atoms with Crippen molar-refractivity contribution in [2.75, 3.05) is 13.2 Å². The molecule has 76 valence electrons. The summed E-state index contributed by atoms with van der Waals surface area (Å²) in [5, 5.41) is 0. The number of rotatable bonds is 4. The van der Waals surface area contributed by atoms with E-state index in [-0.39, 0.29) is 13.2 Å². The van der Waals surface area contributed by atoms with Gasteiger partial charge in [0, 0.05) is 11.8 Å². The molecule has 0 aliphatic rings. The van der Waals surface area contributed by atoms with Crippen molar-refractivity contribution in [3.05, 3.63) is 23.9 Å². The van der Waals surface area contributed by atoms with Gasteiger partial charge < -0.3 is 15.2 Å². The van der Waals surface area contributed by atoms with Crippen molar-refractivity contribution < 1.29 is 14.3 Å². The highest BCUT2D eigenvalue weighted by Crippen LogP contribution is 2.11. The predicted octanol–water partition coefficient (Wildman–Crippen LogP) is 0.864. The Bertz CT molecular complexity index is 315. The quantitative estimate of drug-likeness (QED) is 0.725. The van der Waals surface area contributed by atoms with Crippen LogP contribution in [0.2, 0.25) is 0 Å². The van der Waals surface area contributed by atoms with E-state index in [2.05, 4.69) is 9.72 Å². The molecular weight excluding hydrogens is 184 g/mol. The maximum Gasteiger partial charge on any atom is 0.404 e. The van der Waals surface area contributed by atoms with Gasteiger partial charge in [0.2, 0.25) is 5.88 Å². The molecule has 1 aromatic rings. The normalized spacial score (nSPS) is 9.50. The number of nitrogens with zero attached hydrogens (tertiary/aromatic N) is 1. The molecule has 0 aromatic carbocycles. The Balaban J connectivity index is 2.31. The van der Waals surface area contributed by atoms with Crippen molar-refractivity contribution in [3.63, 3.8) is 0 Å². The number of aromatic nitrogens is 1. The van der Waals surface area contributed by atoms with Gasteiger partial charge in [-0.05, 0) is 13.0 Å². The third-order valence-corrected chi connectivity index (χ3v) is 1.53. The minimum absolute atomic E-state index is 0.130. The lowest BCUT2D eigenvalue weighted by Crippen LogP contribution is -2.17. The predicted molar refractivity (Wildman–Crippen MR) is 50.0 cm³/mol. The van der Waals surface area contributed by atoms with Gasteiger partial charge in [-0.2, -0.15) is 0 Å². The summed E-state index contributed by atoms with van der Waals surface area (Å²) in [7, 11) is 0. The molecule has 1 heterocycles. The lowest BCUT2D eigenvalue weighted by molar-refractivity contribution is 0.132. The summed E-state index contributed by atoms with van der Waals surface area (Å²) in [5.41, 5.74) is 5.71. The number of carbonyl (C=O) groups is 1. The molecule has 1 rings (SSSR count). The Morgan fingerprint density at radius 1 is 1.57 bits per heavy atom. The van der Waals surface area contributed by atoms with Crippen LogP contribution in [0.4, 0.5) is 4.79 Å². The monoisotopic (exact) mass is 196 g/mol. The van der Waals surface area contributed by atoms with Crippen LogP contribution in [-0.2, 0) is 4.74 Å². The first kappa shape index (κ1) is 10.3. The number of primary amides is 1. The fourth-order valence-electron chi connectivity index (χ4n) is 0.903. The summed E-state index contributed by atoms with van der Waals surface area (Å²) in [5.74, 6) is 0.542. The summed E-state index contributed by atoms with van der Waals surface area (Å²) < 4.78 is 9.73.